The molecule has 0 heterocycles. The Hall–Kier alpha value is -2.57. The molecule has 2 aromatic carbocycles. The second-order valence-electron chi connectivity index (χ2n) is 4.79. The van der Waals surface area contributed by atoms with E-state index in [2.05, 4.69) is 10.8 Å². The summed E-state index contributed by atoms with van der Waals surface area (Å²) in [6.07, 6.45) is 5.57. The van der Waals surface area contributed by atoms with Crippen LogP contribution < -0.4 is 4.18 Å². The summed E-state index contributed by atoms with van der Waals surface area (Å²) in [5, 5.41) is 9.25. The summed E-state index contributed by atoms with van der Waals surface area (Å²) >= 11 is 0. The number of aromatic hydroxyl groups is 1. The van der Waals surface area contributed by atoms with Gasteiger partial charge >= 0.3 is 10.4 Å². The Labute approximate surface area is 135 Å². The van der Waals surface area contributed by atoms with Crippen molar-refractivity contribution < 1.29 is 22.3 Å². The summed E-state index contributed by atoms with van der Waals surface area (Å²) in [7, 11) is -4.52. The van der Waals surface area contributed by atoms with Gasteiger partial charge in [-0.1, -0.05) is 42.5 Å². The highest BCUT2D eigenvalue weighted by Crippen LogP contribution is 2.23. The Morgan fingerprint density at radius 1 is 1.04 bits per heavy atom. The molecule has 2 aromatic rings. The molecule has 5 nitrogen and oxygen atoms in total. The molecule has 0 saturated heterocycles. The van der Waals surface area contributed by atoms with Crippen LogP contribution in [0.3, 0.4) is 0 Å². The zero-order valence-electron chi connectivity index (χ0n) is 12.2. The lowest BCUT2D eigenvalue weighted by Gasteiger charge is -2.09. The molecule has 1 atom stereocenters. The molecule has 0 fully saturated rings. The van der Waals surface area contributed by atoms with E-state index in [1.165, 1.54) is 12.1 Å². The van der Waals surface area contributed by atoms with Gasteiger partial charge in [-0.05, 0) is 35.4 Å². The van der Waals surface area contributed by atoms with Crippen molar-refractivity contribution in [1.29, 1.82) is 0 Å². The first-order valence-corrected chi connectivity index (χ1v) is 8.10. The third-order valence-electron chi connectivity index (χ3n) is 3.11. The molecule has 2 N–H and O–H groups in total. The van der Waals surface area contributed by atoms with E-state index in [4.69, 9.17) is 4.55 Å². The van der Waals surface area contributed by atoms with E-state index in [1.54, 1.807) is 42.5 Å². The first-order valence-electron chi connectivity index (χ1n) is 6.74. The van der Waals surface area contributed by atoms with Crippen LogP contribution in [-0.2, 0) is 10.4 Å². The lowest BCUT2D eigenvalue weighted by molar-refractivity contribution is 0.387. The van der Waals surface area contributed by atoms with E-state index in [0.717, 1.165) is 11.1 Å². The van der Waals surface area contributed by atoms with Gasteiger partial charge in [-0.2, -0.15) is 8.42 Å². The molecule has 0 spiro atoms. The van der Waals surface area contributed by atoms with E-state index in [0.29, 0.717) is 0 Å². The molecule has 0 aliphatic heterocycles. The summed E-state index contributed by atoms with van der Waals surface area (Å²) in [5.74, 6) is 0.155. The van der Waals surface area contributed by atoms with E-state index >= 15 is 0 Å². The normalized spacial score (nSPS) is 12.9. The van der Waals surface area contributed by atoms with Gasteiger partial charge in [-0.3, -0.25) is 4.55 Å². The molecule has 0 amide bonds. The van der Waals surface area contributed by atoms with Crippen LogP contribution in [0, 0.1) is 0 Å². The Morgan fingerprint density at radius 2 is 1.65 bits per heavy atom. The predicted molar refractivity (Wildman–Crippen MR) is 88.7 cm³/mol. The standard InChI is InChI=1S/C17H16O5S/c1-2-14(6-3-13-4-9-16(18)10-5-13)15-7-11-17(12-8-15)22-23(19,20)21/h2-12,14,18H,1H2,(H,19,20,21)/b6-3+. The van der Waals surface area contributed by atoms with Gasteiger partial charge in [0.25, 0.3) is 0 Å². The highest BCUT2D eigenvalue weighted by atomic mass is 32.3. The fourth-order valence-electron chi connectivity index (χ4n) is 1.99. The molecular formula is C17H16O5S. The largest absolute Gasteiger partial charge is 0.508 e. The number of benzene rings is 2. The van der Waals surface area contributed by atoms with Crippen LogP contribution in [0.4, 0.5) is 0 Å². The molecule has 0 aliphatic rings. The van der Waals surface area contributed by atoms with Crippen molar-refractivity contribution in [2.45, 2.75) is 5.92 Å². The molecule has 23 heavy (non-hydrogen) atoms. The SMILES string of the molecule is C=CC(/C=C/c1ccc(O)cc1)c1ccc(OS(=O)(=O)O)cc1. The van der Waals surface area contributed by atoms with Crippen molar-refractivity contribution in [3.8, 4) is 11.5 Å². The lowest BCUT2D eigenvalue weighted by atomic mass is 9.98. The second-order valence-corrected chi connectivity index (χ2v) is 5.81. The smallest absolute Gasteiger partial charge is 0.446 e. The maximum atomic E-state index is 10.6. The third-order valence-corrected chi connectivity index (χ3v) is 3.51. The monoisotopic (exact) mass is 332 g/mol. The predicted octanol–water partition coefficient (Wildman–Crippen LogP) is 3.56. The fourth-order valence-corrected chi connectivity index (χ4v) is 2.35. The summed E-state index contributed by atoms with van der Waals surface area (Å²) < 4.78 is 34.3. The Morgan fingerprint density at radius 3 is 2.17 bits per heavy atom. The van der Waals surface area contributed by atoms with Crippen molar-refractivity contribution in [2.75, 3.05) is 0 Å². The maximum absolute atomic E-state index is 10.6. The molecule has 0 radical (unpaired) electrons. The van der Waals surface area contributed by atoms with Gasteiger partial charge in [0.1, 0.15) is 11.5 Å². The minimum absolute atomic E-state index is 0.0292. The Balaban J connectivity index is 2.14. The number of allylic oxidation sites excluding steroid dienone is 2. The molecule has 2 rings (SSSR count). The summed E-state index contributed by atoms with van der Waals surface area (Å²) in [4.78, 5) is 0. The molecule has 0 bridgehead atoms. The van der Waals surface area contributed by atoms with E-state index in [9.17, 15) is 13.5 Å². The van der Waals surface area contributed by atoms with Gasteiger partial charge in [0.05, 0.1) is 0 Å². The zero-order chi connectivity index (χ0) is 16.9. The fraction of sp³-hybridized carbons (Fsp3) is 0.0588. The minimum Gasteiger partial charge on any atom is -0.508 e. The molecule has 120 valence electrons. The van der Waals surface area contributed by atoms with Gasteiger partial charge in [-0.25, -0.2) is 0 Å². The molecule has 0 aliphatic carbocycles. The summed E-state index contributed by atoms with van der Waals surface area (Å²) in [5.41, 5.74) is 1.82. The highest BCUT2D eigenvalue weighted by Gasteiger charge is 2.08. The van der Waals surface area contributed by atoms with E-state index < -0.39 is 10.4 Å². The van der Waals surface area contributed by atoms with Crippen LogP contribution in [-0.4, -0.2) is 18.1 Å². The van der Waals surface area contributed by atoms with Crippen LogP contribution in [0.15, 0.2) is 67.3 Å². The van der Waals surface area contributed by atoms with Gasteiger partial charge in [0.15, 0.2) is 0 Å². The van der Waals surface area contributed by atoms with Gasteiger partial charge < -0.3 is 9.29 Å². The number of rotatable bonds is 6. The maximum Gasteiger partial charge on any atom is 0.446 e. The zero-order valence-corrected chi connectivity index (χ0v) is 13.0. The average Bonchev–Trinajstić information content (AvgIpc) is 2.49. The van der Waals surface area contributed by atoms with Crippen molar-refractivity contribution >= 4 is 16.5 Å². The van der Waals surface area contributed by atoms with Crippen molar-refractivity contribution in [1.82, 2.24) is 0 Å². The first kappa shape index (κ1) is 16.8. The molecule has 1 unspecified atom stereocenters. The number of hydrogen-bond donors (Lipinski definition) is 2. The third kappa shape index (κ3) is 5.28. The molecule has 0 saturated carbocycles. The second kappa shape index (κ2) is 7.13. The Bertz CT molecular complexity index is 790. The average molecular weight is 332 g/mol. The van der Waals surface area contributed by atoms with Gasteiger partial charge in [-0.15, -0.1) is 6.58 Å². The van der Waals surface area contributed by atoms with E-state index in [-0.39, 0.29) is 17.4 Å². The minimum atomic E-state index is -4.52. The quantitative estimate of drug-likeness (QED) is 0.624. The van der Waals surface area contributed by atoms with Gasteiger partial charge in [0.2, 0.25) is 0 Å². The molecule has 6 heteroatoms. The van der Waals surface area contributed by atoms with Crippen LogP contribution in [0.1, 0.15) is 17.0 Å². The van der Waals surface area contributed by atoms with E-state index in [1.807, 2.05) is 12.2 Å². The topological polar surface area (TPSA) is 83.8 Å². The van der Waals surface area contributed by atoms with Crippen LogP contribution in [0.2, 0.25) is 0 Å². The van der Waals surface area contributed by atoms with Crippen LogP contribution >= 0.6 is 0 Å². The van der Waals surface area contributed by atoms with Gasteiger partial charge in [0, 0.05) is 5.92 Å². The van der Waals surface area contributed by atoms with Crippen LogP contribution in [0.25, 0.3) is 6.08 Å². The number of hydrogen-bond acceptors (Lipinski definition) is 4. The van der Waals surface area contributed by atoms with Crippen molar-refractivity contribution in [3.63, 3.8) is 0 Å². The molecule has 0 aromatic heterocycles. The summed E-state index contributed by atoms with van der Waals surface area (Å²) in [6, 6.07) is 13.1. The van der Waals surface area contributed by atoms with Crippen LogP contribution in [0.5, 0.6) is 11.5 Å². The first-order chi connectivity index (χ1) is 10.9. The highest BCUT2D eigenvalue weighted by molar-refractivity contribution is 7.81. The van der Waals surface area contributed by atoms with Crippen molar-refractivity contribution in [2.24, 2.45) is 0 Å². The molecular weight excluding hydrogens is 316 g/mol. The summed E-state index contributed by atoms with van der Waals surface area (Å²) in [6.45, 7) is 3.79. The van der Waals surface area contributed by atoms with Crippen molar-refractivity contribution in [3.05, 3.63) is 78.4 Å². The number of phenolic OH excluding ortho intramolecular Hbond substituents is 1. The Kier molecular flexibility index (Phi) is 5.20. The number of phenols is 1. The lowest BCUT2D eigenvalue weighted by Crippen LogP contribution is -2.06.